The molecule has 3 rings (SSSR count). The molecule has 0 radical (unpaired) electrons. The van der Waals surface area contributed by atoms with E-state index in [1.54, 1.807) is 0 Å². The lowest BCUT2D eigenvalue weighted by Gasteiger charge is -2.30. The summed E-state index contributed by atoms with van der Waals surface area (Å²) in [6, 6.07) is 0. The average Bonchev–Trinajstić information content (AvgIpc) is 2.53. The van der Waals surface area contributed by atoms with Crippen LogP contribution >= 0.6 is 11.8 Å². The first kappa shape index (κ1) is 16.8. The molecular formula is C16H20F3NO2S. The second-order valence-corrected chi connectivity index (χ2v) is 6.76. The fourth-order valence-electron chi connectivity index (χ4n) is 3.21. The molecule has 128 valence electrons. The van der Waals surface area contributed by atoms with Gasteiger partial charge in [0.2, 0.25) is 0 Å². The molecule has 2 heterocycles. The van der Waals surface area contributed by atoms with Crippen molar-refractivity contribution in [3.63, 3.8) is 0 Å². The zero-order valence-electron chi connectivity index (χ0n) is 12.8. The van der Waals surface area contributed by atoms with Gasteiger partial charge in [-0.05, 0) is 38.6 Å². The summed E-state index contributed by atoms with van der Waals surface area (Å²) in [5.41, 5.74) is 8.63. The van der Waals surface area contributed by atoms with Crippen LogP contribution in [0, 0.1) is 0 Å². The molecule has 0 fully saturated rings. The number of rotatable bonds is 4. The maximum Gasteiger partial charge on any atom is 0.398 e. The van der Waals surface area contributed by atoms with E-state index in [0.717, 1.165) is 59.9 Å². The van der Waals surface area contributed by atoms with Gasteiger partial charge in [-0.15, -0.1) is 11.8 Å². The monoisotopic (exact) mass is 347 g/mol. The molecule has 0 amide bonds. The summed E-state index contributed by atoms with van der Waals surface area (Å²) in [5, 5.41) is 0. The van der Waals surface area contributed by atoms with Crippen LogP contribution in [-0.4, -0.2) is 31.7 Å². The van der Waals surface area contributed by atoms with E-state index in [9.17, 15) is 13.2 Å². The summed E-state index contributed by atoms with van der Waals surface area (Å²) in [5.74, 6) is 0.486. The predicted octanol–water partition coefficient (Wildman–Crippen LogP) is 3.49. The summed E-state index contributed by atoms with van der Waals surface area (Å²) in [4.78, 5) is 0.618. The van der Waals surface area contributed by atoms with E-state index >= 15 is 0 Å². The standard InChI is InChI=1S/C16H20F3NO2S/c17-16(18,19)9-23-15-12-4-2-7-21-13(12)11(5-6-20)10-3-1-8-22-14(10)15/h1-9,20H2. The minimum Gasteiger partial charge on any atom is -0.493 e. The highest BCUT2D eigenvalue weighted by Gasteiger charge is 2.33. The molecule has 23 heavy (non-hydrogen) atoms. The largest absolute Gasteiger partial charge is 0.493 e. The van der Waals surface area contributed by atoms with E-state index in [0.29, 0.717) is 36.8 Å². The van der Waals surface area contributed by atoms with Crippen LogP contribution in [0.2, 0.25) is 0 Å². The Hall–Kier alpha value is -1.08. The first-order chi connectivity index (χ1) is 11.0. The number of hydrogen-bond acceptors (Lipinski definition) is 4. The molecule has 0 unspecified atom stereocenters. The number of hydrogen-bond donors (Lipinski definition) is 1. The van der Waals surface area contributed by atoms with Crippen LogP contribution in [0.3, 0.4) is 0 Å². The van der Waals surface area contributed by atoms with E-state index in [1.165, 1.54) is 0 Å². The molecule has 7 heteroatoms. The van der Waals surface area contributed by atoms with Crippen molar-refractivity contribution in [1.29, 1.82) is 0 Å². The van der Waals surface area contributed by atoms with Gasteiger partial charge < -0.3 is 15.2 Å². The van der Waals surface area contributed by atoms with Gasteiger partial charge in [-0.25, -0.2) is 0 Å². The van der Waals surface area contributed by atoms with Crippen molar-refractivity contribution in [2.45, 2.75) is 43.2 Å². The summed E-state index contributed by atoms with van der Waals surface area (Å²) < 4.78 is 49.7. The van der Waals surface area contributed by atoms with Crippen LogP contribution in [0.15, 0.2) is 4.90 Å². The van der Waals surface area contributed by atoms with Crippen molar-refractivity contribution in [3.05, 3.63) is 16.7 Å². The lowest BCUT2D eigenvalue weighted by atomic mass is 9.91. The van der Waals surface area contributed by atoms with E-state index in [1.807, 2.05) is 0 Å². The number of nitrogens with two attached hydrogens (primary N) is 1. The van der Waals surface area contributed by atoms with Gasteiger partial charge in [0, 0.05) is 16.7 Å². The summed E-state index contributed by atoms with van der Waals surface area (Å²) >= 11 is 0.822. The Kier molecular flexibility index (Phi) is 4.96. The second-order valence-electron chi connectivity index (χ2n) is 5.77. The molecule has 0 saturated heterocycles. The highest BCUT2D eigenvalue weighted by atomic mass is 32.2. The van der Waals surface area contributed by atoms with Crippen molar-refractivity contribution in [3.8, 4) is 11.5 Å². The summed E-state index contributed by atoms with van der Waals surface area (Å²) in [6.07, 6.45) is -0.326. The quantitative estimate of drug-likeness (QED) is 0.847. The minimum atomic E-state index is -4.20. The zero-order chi connectivity index (χ0) is 16.4. The van der Waals surface area contributed by atoms with Crippen molar-refractivity contribution in [2.24, 2.45) is 5.73 Å². The third kappa shape index (κ3) is 3.55. The predicted molar refractivity (Wildman–Crippen MR) is 83.6 cm³/mol. The van der Waals surface area contributed by atoms with Gasteiger partial charge in [-0.1, -0.05) is 0 Å². The topological polar surface area (TPSA) is 44.5 Å². The smallest absolute Gasteiger partial charge is 0.398 e. The number of benzene rings is 1. The van der Waals surface area contributed by atoms with Crippen LogP contribution in [0.5, 0.6) is 11.5 Å². The molecule has 1 aromatic rings. The number of fused-ring (bicyclic) bond motifs is 2. The molecule has 2 N–H and O–H groups in total. The highest BCUT2D eigenvalue weighted by Crippen LogP contribution is 2.48. The van der Waals surface area contributed by atoms with Crippen LogP contribution < -0.4 is 15.2 Å². The molecule has 0 atom stereocenters. The van der Waals surface area contributed by atoms with E-state index < -0.39 is 11.9 Å². The van der Waals surface area contributed by atoms with E-state index in [2.05, 4.69) is 0 Å². The molecule has 0 saturated carbocycles. The number of ether oxygens (including phenoxy) is 2. The number of alkyl halides is 3. The third-order valence-corrected chi connectivity index (χ3v) is 5.27. The first-order valence-corrected chi connectivity index (χ1v) is 8.85. The highest BCUT2D eigenvalue weighted by molar-refractivity contribution is 7.99. The number of halogens is 3. The van der Waals surface area contributed by atoms with Gasteiger partial charge in [0.05, 0.1) is 23.9 Å². The fourth-order valence-corrected chi connectivity index (χ4v) is 4.20. The molecule has 2 aliphatic rings. The Bertz CT molecular complexity index is 553. The van der Waals surface area contributed by atoms with Crippen LogP contribution in [0.25, 0.3) is 0 Å². The maximum absolute atomic E-state index is 12.7. The zero-order valence-corrected chi connectivity index (χ0v) is 13.6. The molecule has 2 aliphatic heterocycles. The number of thioether (sulfide) groups is 1. The fraction of sp³-hybridized carbons (Fsp3) is 0.625. The normalized spacial score (nSPS) is 17.0. The Morgan fingerprint density at radius 3 is 2.30 bits per heavy atom. The van der Waals surface area contributed by atoms with Crippen molar-refractivity contribution in [2.75, 3.05) is 25.5 Å². The SMILES string of the molecule is NCCc1c2c(c(SCC(F)(F)F)c3c1OCCC3)OCCC2. The molecule has 3 nitrogen and oxygen atoms in total. The van der Waals surface area contributed by atoms with Gasteiger partial charge in [0.15, 0.2) is 0 Å². The van der Waals surface area contributed by atoms with Crippen molar-refractivity contribution >= 4 is 11.8 Å². The maximum atomic E-state index is 12.7. The molecule has 0 aliphatic carbocycles. The summed E-state index contributed by atoms with van der Waals surface area (Å²) in [7, 11) is 0. The molecular weight excluding hydrogens is 327 g/mol. The van der Waals surface area contributed by atoms with Gasteiger partial charge in [-0.2, -0.15) is 13.2 Å². The Labute approximate surface area is 137 Å². The molecule has 0 spiro atoms. The third-order valence-electron chi connectivity index (χ3n) is 4.08. The van der Waals surface area contributed by atoms with Crippen LogP contribution in [0.1, 0.15) is 29.5 Å². The van der Waals surface area contributed by atoms with Crippen LogP contribution in [0.4, 0.5) is 13.2 Å². The lowest BCUT2D eigenvalue weighted by Crippen LogP contribution is -2.20. The minimum absolute atomic E-state index is 0.483. The molecule has 1 aromatic carbocycles. The lowest BCUT2D eigenvalue weighted by molar-refractivity contribution is -0.105. The van der Waals surface area contributed by atoms with Gasteiger partial charge >= 0.3 is 6.18 Å². The van der Waals surface area contributed by atoms with E-state index in [4.69, 9.17) is 15.2 Å². The summed E-state index contributed by atoms with van der Waals surface area (Å²) in [6.45, 7) is 1.64. The van der Waals surface area contributed by atoms with Crippen molar-refractivity contribution < 1.29 is 22.6 Å². The van der Waals surface area contributed by atoms with Gasteiger partial charge in [0.25, 0.3) is 0 Å². The molecule has 0 aromatic heterocycles. The second kappa shape index (κ2) is 6.81. The molecule has 0 bridgehead atoms. The first-order valence-electron chi connectivity index (χ1n) is 7.87. The van der Waals surface area contributed by atoms with E-state index in [-0.39, 0.29) is 0 Å². The van der Waals surface area contributed by atoms with Gasteiger partial charge in [-0.3, -0.25) is 0 Å². The van der Waals surface area contributed by atoms with Crippen molar-refractivity contribution in [1.82, 2.24) is 0 Å². The van der Waals surface area contributed by atoms with Gasteiger partial charge in [0.1, 0.15) is 11.5 Å². The Morgan fingerprint density at radius 2 is 1.65 bits per heavy atom. The average molecular weight is 347 g/mol. The Balaban J connectivity index is 2.09. The Morgan fingerprint density at radius 1 is 1.00 bits per heavy atom. The van der Waals surface area contributed by atoms with Crippen LogP contribution in [-0.2, 0) is 19.3 Å².